The normalized spacial score (nSPS) is 10.2. The van der Waals surface area contributed by atoms with Crippen LogP contribution in [-0.2, 0) is 0 Å². The average molecular weight is 412 g/mol. The van der Waals surface area contributed by atoms with Gasteiger partial charge in [-0.2, -0.15) is 0 Å². The Kier molecular flexibility index (Phi) is 6.29. The molecule has 0 bridgehead atoms. The van der Waals surface area contributed by atoms with Crippen LogP contribution in [0.4, 0.5) is 15.8 Å². The number of benzene rings is 2. The third-order valence-electron chi connectivity index (χ3n) is 3.30. The molecule has 9 heteroatoms. The molecule has 0 radical (unpaired) electrons. The quantitative estimate of drug-likeness (QED) is 0.413. The van der Waals surface area contributed by atoms with Gasteiger partial charge in [0.15, 0.2) is 11.6 Å². The number of carbonyl (C=O) groups excluding carboxylic acids is 1. The summed E-state index contributed by atoms with van der Waals surface area (Å²) >= 11 is 3.29. The molecule has 0 fully saturated rings. The van der Waals surface area contributed by atoms with Gasteiger partial charge in [0, 0.05) is 29.2 Å². The molecule has 2 N–H and O–H groups in total. The molecule has 0 spiro atoms. The molecule has 0 aliphatic rings. The van der Waals surface area contributed by atoms with Crippen molar-refractivity contribution in [1.29, 1.82) is 0 Å². The first kappa shape index (κ1) is 18.7. The second-order valence-corrected chi connectivity index (χ2v) is 5.87. The van der Waals surface area contributed by atoms with Crippen molar-refractivity contribution in [3.05, 3.63) is 62.4 Å². The van der Waals surface area contributed by atoms with E-state index in [1.165, 1.54) is 13.2 Å². The number of methoxy groups -OCH3 is 1. The monoisotopic (exact) mass is 411 g/mol. The number of halogens is 2. The minimum Gasteiger partial charge on any atom is -0.494 e. The van der Waals surface area contributed by atoms with E-state index < -0.39 is 16.4 Å². The van der Waals surface area contributed by atoms with Crippen LogP contribution in [0.25, 0.3) is 0 Å². The molecule has 2 rings (SSSR count). The van der Waals surface area contributed by atoms with Gasteiger partial charge < -0.3 is 15.4 Å². The van der Waals surface area contributed by atoms with E-state index in [1.807, 2.05) is 0 Å². The van der Waals surface area contributed by atoms with Crippen molar-refractivity contribution >= 4 is 33.2 Å². The highest BCUT2D eigenvalue weighted by molar-refractivity contribution is 9.10. The van der Waals surface area contributed by atoms with Gasteiger partial charge in [-0.05, 0) is 24.3 Å². The Bertz CT molecular complexity index is 784. The lowest BCUT2D eigenvalue weighted by Gasteiger charge is -2.10. The van der Waals surface area contributed by atoms with E-state index in [4.69, 9.17) is 4.74 Å². The highest BCUT2D eigenvalue weighted by atomic mass is 79.9. The van der Waals surface area contributed by atoms with Crippen molar-refractivity contribution in [1.82, 2.24) is 5.32 Å². The molecule has 7 nitrogen and oxygen atoms in total. The fourth-order valence-electron chi connectivity index (χ4n) is 2.07. The van der Waals surface area contributed by atoms with Crippen LogP contribution in [0.3, 0.4) is 0 Å². The van der Waals surface area contributed by atoms with E-state index in [0.717, 1.165) is 10.5 Å². The van der Waals surface area contributed by atoms with Gasteiger partial charge >= 0.3 is 0 Å². The zero-order valence-electron chi connectivity index (χ0n) is 13.2. The molecule has 1 amide bonds. The zero-order chi connectivity index (χ0) is 18.4. The molecule has 25 heavy (non-hydrogen) atoms. The molecule has 2 aromatic carbocycles. The number of nitro groups is 1. The number of carbonyl (C=O) groups is 1. The number of anilines is 1. The van der Waals surface area contributed by atoms with Crippen molar-refractivity contribution in [2.24, 2.45) is 0 Å². The summed E-state index contributed by atoms with van der Waals surface area (Å²) in [5.41, 5.74) is 0.205. The minimum atomic E-state index is -0.816. The van der Waals surface area contributed by atoms with Crippen LogP contribution in [0.15, 0.2) is 40.9 Å². The first-order valence-corrected chi connectivity index (χ1v) is 8.01. The predicted molar refractivity (Wildman–Crippen MR) is 94.6 cm³/mol. The number of amides is 1. The molecule has 0 heterocycles. The Labute approximate surface area is 151 Å². The van der Waals surface area contributed by atoms with Gasteiger partial charge in [0.2, 0.25) is 0 Å². The molecule has 132 valence electrons. The lowest BCUT2D eigenvalue weighted by molar-refractivity contribution is -0.384. The maximum absolute atomic E-state index is 13.6. The average Bonchev–Trinajstić information content (AvgIpc) is 2.59. The van der Waals surface area contributed by atoms with Crippen LogP contribution >= 0.6 is 15.9 Å². The van der Waals surface area contributed by atoms with E-state index in [1.54, 1.807) is 24.3 Å². The number of nitrogens with zero attached hydrogens (tertiary/aromatic N) is 1. The predicted octanol–water partition coefficient (Wildman–Crippen LogP) is 3.35. The molecule has 0 unspecified atom stereocenters. The Hall–Kier alpha value is -2.68. The molecular weight excluding hydrogens is 397 g/mol. The number of hydrogen-bond acceptors (Lipinski definition) is 5. The number of nitro benzene ring substituents is 1. The smallest absolute Gasteiger partial charge is 0.295 e. The van der Waals surface area contributed by atoms with Crippen LogP contribution in [0.1, 0.15) is 10.4 Å². The number of nitrogens with one attached hydrogen (secondary N) is 2. The van der Waals surface area contributed by atoms with Gasteiger partial charge in [-0.15, -0.1) is 0 Å². The molecule has 0 atom stereocenters. The molecule has 0 aliphatic heterocycles. The minimum absolute atomic E-state index is 0.105. The van der Waals surface area contributed by atoms with Gasteiger partial charge in [0.1, 0.15) is 5.69 Å². The van der Waals surface area contributed by atoms with Gasteiger partial charge in [0.05, 0.1) is 18.1 Å². The number of ether oxygens (including phenoxy) is 1. The Morgan fingerprint density at radius 2 is 1.96 bits per heavy atom. The van der Waals surface area contributed by atoms with Crippen LogP contribution in [-0.4, -0.2) is 31.0 Å². The van der Waals surface area contributed by atoms with Crippen molar-refractivity contribution in [3.63, 3.8) is 0 Å². The van der Waals surface area contributed by atoms with E-state index in [2.05, 4.69) is 26.6 Å². The van der Waals surface area contributed by atoms with E-state index in [-0.39, 0.29) is 30.4 Å². The zero-order valence-corrected chi connectivity index (χ0v) is 14.8. The molecule has 2 aromatic rings. The van der Waals surface area contributed by atoms with Gasteiger partial charge in [-0.1, -0.05) is 15.9 Å². The lowest BCUT2D eigenvalue weighted by atomic mass is 10.2. The third kappa shape index (κ3) is 4.90. The SMILES string of the molecule is COc1cc(NCCNC(=O)c2ccc(Br)cc2)c([N+](=O)[O-])cc1F. The second-order valence-electron chi connectivity index (χ2n) is 4.95. The number of rotatable bonds is 7. The Balaban J connectivity index is 1.96. The fraction of sp³-hybridized carbons (Fsp3) is 0.188. The maximum Gasteiger partial charge on any atom is 0.295 e. The summed E-state index contributed by atoms with van der Waals surface area (Å²) in [5.74, 6) is -1.18. The van der Waals surface area contributed by atoms with Crippen molar-refractivity contribution in [3.8, 4) is 5.75 Å². The van der Waals surface area contributed by atoms with Crippen LogP contribution < -0.4 is 15.4 Å². The van der Waals surface area contributed by atoms with E-state index in [9.17, 15) is 19.3 Å². The highest BCUT2D eigenvalue weighted by Crippen LogP contribution is 2.31. The topological polar surface area (TPSA) is 93.5 Å². The molecule has 0 saturated heterocycles. The Morgan fingerprint density at radius 1 is 1.28 bits per heavy atom. The maximum atomic E-state index is 13.6. The second kappa shape index (κ2) is 8.43. The fourth-order valence-corrected chi connectivity index (χ4v) is 2.33. The van der Waals surface area contributed by atoms with E-state index >= 15 is 0 Å². The summed E-state index contributed by atoms with van der Waals surface area (Å²) in [4.78, 5) is 22.3. The summed E-state index contributed by atoms with van der Waals surface area (Å²) in [5, 5.41) is 16.5. The van der Waals surface area contributed by atoms with Crippen molar-refractivity contribution < 1.29 is 18.8 Å². The summed E-state index contributed by atoms with van der Waals surface area (Å²) in [6, 6.07) is 8.85. The Morgan fingerprint density at radius 3 is 2.56 bits per heavy atom. The summed E-state index contributed by atoms with van der Waals surface area (Å²) in [6.45, 7) is 0.448. The lowest BCUT2D eigenvalue weighted by Crippen LogP contribution is -2.28. The summed E-state index contributed by atoms with van der Waals surface area (Å²) in [6.07, 6.45) is 0. The number of hydrogen-bond donors (Lipinski definition) is 2. The van der Waals surface area contributed by atoms with Crippen molar-refractivity contribution in [2.75, 3.05) is 25.5 Å². The molecule has 0 aromatic heterocycles. The summed E-state index contributed by atoms with van der Waals surface area (Å²) in [7, 11) is 1.27. The standard InChI is InChI=1S/C16H15BrFN3O4/c1-25-15-9-13(14(21(23)24)8-12(15)18)19-6-7-20-16(22)10-2-4-11(17)5-3-10/h2-5,8-9,19H,6-7H2,1H3,(H,20,22). The van der Waals surface area contributed by atoms with Crippen molar-refractivity contribution in [2.45, 2.75) is 0 Å². The van der Waals surface area contributed by atoms with Crippen LogP contribution in [0.2, 0.25) is 0 Å². The largest absolute Gasteiger partial charge is 0.494 e. The van der Waals surface area contributed by atoms with Gasteiger partial charge in [-0.25, -0.2) is 4.39 Å². The van der Waals surface area contributed by atoms with Gasteiger partial charge in [0.25, 0.3) is 11.6 Å². The van der Waals surface area contributed by atoms with E-state index in [0.29, 0.717) is 5.56 Å². The highest BCUT2D eigenvalue weighted by Gasteiger charge is 2.18. The first-order valence-electron chi connectivity index (χ1n) is 7.22. The summed E-state index contributed by atoms with van der Waals surface area (Å²) < 4.78 is 19.3. The van der Waals surface area contributed by atoms with Crippen LogP contribution in [0, 0.1) is 15.9 Å². The third-order valence-corrected chi connectivity index (χ3v) is 3.83. The molecule has 0 saturated carbocycles. The molecular formula is C16H15BrFN3O4. The molecule has 0 aliphatic carbocycles. The van der Waals surface area contributed by atoms with Crippen LogP contribution in [0.5, 0.6) is 5.75 Å². The first-order chi connectivity index (χ1) is 11.9. The van der Waals surface area contributed by atoms with Gasteiger partial charge in [-0.3, -0.25) is 14.9 Å².